The zero-order valence-corrected chi connectivity index (χ0v) is 12.4. The van der Waals surface area contributed by atoms with Crippen LogP contribution >= 0.6 is 11.8 Å². The topological polar surface area (TPSA) is 72.2 Å². The van der Waals surface area contributed by atoms with Gasteiger partial charge in [-0.3, -0.25) is 0 Å². The van der Waals surface area contributed by atoms with Crippen LogP contribution in [-0.2, 0) is 10.0 Å². The average Bonchev–Trinajstić information content (AvgIpc) is 2.88. The molecule has 108 valence electrons. The summed E-state index contributed by atoms with van der Waals surface area (Å²) in [5.74, 6) is 6.10. The lowest BCUT2D eigenvalue weighted by molar-refractivity contribution is 0.544. The van der Waals surface area contributed by atoms with E-state index in [1.807, 2.05) is 0 Å². The lowest BCUT2D eigenvalue weighted by Gasteiger charge is -2.12. The molecule has 1 aliphatic rings. The van der Waals surface area contributed by atoms with Crippen molar-refractivity contribution in [2.45, 2.75) is 17.4 Å². The van der Waals surface area contributed by atoms with Gasteiger partial charge in [0, 0.05) is 17.4 Å². The van der Waals surface area contributed by atoms with E-state index in [2.05, 4.69) is 16.6 Å². The number of rotatable bonds is 3. The van der Waals surface area contributed by atoms with Crippen LogP contribution in [0.3, 0.4) is 0 Å². The number of sulfonamides is 1. The molecule has 0 aliphatic carbocycles. The molecule has 20 heavy (non-hydrogen) atoms. The highest BCUT2D eigenvalue weighted by atomic mass is 32.2. The molecule has 3 N–H and O–H groups in total. The number of hydrogen-bond donors (Lipinski definition) is 2. The van der Waals surface area contributed by atoms with Crippen LogP contribution in [0.5, 0.6) is 0 Å². The van der Waals surface area contributed by atoms with Crippen molar-refractivity contribution in [3.63, 3.8) is 0 Å². The van der Waals surface area contributed by atoms with E-state index in [1.165, 1.54) is 12.1 Å². The number of thioether (sulfide) groups is 1. The summed E-state index contributed by atoms with van der Waals surface area (Å²) in [5.41, 5.74) is 5.64. The fourth-order valence-corrected chi connectivity index (χ4v) is 4.45. The number of benzene rings is 1. The summed E-state index contributed by atoms with van der Waals surface area (Å²) in [7, 11) is -3.82. The van der Waals surface area contributed by atoms with Gasteiger partial charge in [-0.1, -0.05) is 11.8 Å². The molecular formula is C13H15FN2O2S2. The molecule has 0 amide bonds. The first-order valence-corrected chi connectivity index (χ1v) is 8.75. The van der Waals surface area contributed by atoms with E-state index in [1.54, 1.807) is 11.8 Å². The Morgan fingerprint density at radius 2 is 2.30 bits per heavy atom. The molecule has 1 atom stereocenters. The molecule has 1 saturated heterocycles. The zero-order valence-electron chi connectivity index (χ0n) is 10.7. The van der Waals surface area contributed by atoms with Crippen molar-refractivity contribution < 1.29 is 12.8 Å². The highest BCUT2D eigenvalue weighted by molar-refractivity contribution is 7.99. The molecule has 1 heterocycles. The van der Waals surface area contributed by atoms with Crippen LogP contribution < -0.4 is 10.5 Å². The molecular weight excluding hydrogens is 299 g/mol. The lowest BCUT2D eigenvalue weighted by atomic mass is 10.2. The molecule has 7 heteroatoms. The van der Waals surface area contributed by atoms with Gasteiger partial charge in [0.2, 0.25) is 10.0 Å². The fourth-order valence-electron chi connectivity index (χ4n) is 1.86. The Bertz CT molecular complexity index is 644. The van der Waals surface area contributed by atoms with Crippen LogP contribution in [0.15, 0.2) is 23.1 Å². The maximum absolute atomic E-state index is 13.9. The Balaban J connectivity index is 2.23. The molecule has 1 unspecified atom stereocenters. The highest BCUT2D eigenvalue weighted by Gasteiger charge is 2.25. The molecule has 0 aromatic heterocycles. The van der Waals surface area contributed by atoms with Gasteiger partial charge in [-0.15, -0.1) is 0 Å². The highest BCUT2D eigenvalue weighted by Crippen LogP contribution is 2.21. The third kappa shape index (κ3) is 3.73. The van der Waals surface area contributed by atoms with Crippen molar-refractivity contribution in [2.24, 2.45) is 5.73 Å². The smallest absolute Gasteiger partial charge is 0.243 e. The first kappa shape index (κ1) is 15.3. The standard InChI is InChI=1S/C13H15FN2O2S2/c14-12-8-10(2-1-6-15)3-4-13(12)20(17,18)16-11-5-7-19-9-11/h3-4,8,11,16H,5-7,9,15H2. The summed E-state index contributed by atoms with van der Waals surface area (Å²) in [6.45, 7) is 0.169. The minimum atomic E-state index is -3.82. The van der Waals surface area contributed by atoms with Gasteiger partial charge in [-0.05, 0) is 30.4 Å². The molecule has 1 aromatic rings. The van der Waals surface area contributed by atoms with Gasteiger partial charge in [0.25, 0.3) is 0 Å². The molecule has 0 radical (unpaired) electrons. The second-order valence-electron chi connectivity index (χ2n) is 4.33. The molecule has 0 bridgehead atoms. The van der Waals surface area contributed by atoms with E-state index in [0.29, 0.717) is 5.56 Å². The third-order valence-electron chi connectivity index (χ3n) is 2.81. The zero-order chi connectivity index (χ0) is 14.6. The maximum Gasteiger partial charge on any atom is 0.243 e. The van der Waals surface area contributed by atoms with Crippen LogP contribution in [-0.4, -0.2) is 32.5 Å². The largest absolute Gasteiger partial charge is 0.320 e. The summed E-state index contributed by atoms with van der Waals surface area (Å²) in [4.78, 5) is -0.340. The van der Waals surface area contributed by atoms with Crippen molar-refractivity contribution in [3.8, 4) is 11.8 Å². The van der Waals surface area contributed by atoms with Gasteiger partial charge < -0.3 is 5.73 Å². The summed E-state index contributed by atoms with van der Waals surface area (Å²) >= 11 is 1.68. The summed E-state index contributed by atoms with van der Waals surface area (Å²) in [6, 6.07) is 3.70. The van der Waals surface area contributed by atoms with Crippen molar-refractivity contribution in [2.75, 3.05) is 18.1 Å². The summed E-state index contributed by atoms with van der Waals surface area (Å²) in [5, 5.41) is 0. The lowest BCUT2D eigenvalue weighted by Crippen LogP contribution is -2.35. The molecule has 0 spiro atoms. The summed E-state index contributed by atoms with van der Waals surface area (Å²) < 4.78 is 40.7. The van der Waals surface area contributed by atoms with E-state index >= 15 is 0 Å². The average molecular weight is 314 g/mol. The monoisotopic (exact) mass is 314 g/mol. The first-order chi connectivity index (χ1) is 9.53. The van der Waals surface area contributed by atoms with E-state index < -0.39 is 15.8 Å². The number of nitrogens with two attached hydrogens (primary N) is 1. The Hall–Kier alpha value is -1.07. The van der Waals surface area contributed by atoms with Crippen molar-refractivity contribution in [1.29, 1.82) is 0 Å². The second kappa shape index (κ2) is 6.59. The third-order valence-corrected chi connectivity index (χ3v) is 5.52. The van der Waals surface area contributed by atoms with Gasteiger partial charge in [-0.25, -0.2) is 17.5 Å². The van der Waals surface area contributed by atoms with Crippen LogP contribution in [0.2, 0.25) is 0 Å². The van der Waals surface area contributed by atoms with Gasteiger partial charge in [0.1, 0.15) is 10.7 Å². The minimum Gasteiger partial charge on any atom is -0.320 e. The minimum absolute atomic E-state index is 0.124. The number of halogens is 1. The molecule has 1 fully saturated rings. The van der Waals surface area contributed by atoms with Crippen molar-refractivity contribution >= 4 is 21.8 Å². The first-order valence-electron chi connectivity index (χ1n) is 6.11. The van der Waals surface area contributed by atoms with E-state index in [-0.39, 0.29) is 17.5 Å². The second-order valence-corrected chi connectivity index (χ2v) is 7.17. The molecule has 0 saturated carbocycles. The Kier molecular flexibility index (Phi) is 5.05. The Morgan fingerprint density at radius 3 is 2.90 bits per heavy atom. The van der Waals surface area contributed by atoms with Crippen LogP contribution in [0.1, 0.15) is 12.0 Å². The number of nitrogens with one attached hydrogen (secondary N) is 1. The Morgan fingerprint density at radius 1 is 1.50 bits per heavy atom. The van der Waals surface area contributed by atoms with E-state index in [4.69, 9.17) is 5.73 Å². The fraction of sp³-hybridized carbons (Fsp3) is 0.385. The molecule has 2 rings (SSSR count). The SMILES string of the molecule is NCC#Cc1ccc(S(=O)(=O)NC2CCSC2)c(F)c1. The van der Waals surface area contributed by atoms with E-state index in [0.717, 1.165) is 24.0 Å². The number of hydrogen-bond acceptors (Lipinski definition) is 4. The van der Waals surface area contributed by atoms with Crippen molar-refractivity contribution in [3.05, 3.63) is 29.6 Å². The molecule has 1 aliphatic heterocycles. The molecule has 1 aromatic carbocycles. The Labute approximate surface area is 122 Å². The summed E-state index contributed by atoms with van der Waals surface area (Å²) in [6.07, 6.45) is 0.769. The van der Waals surface area contributed by atoms with Gasteiger partial charge >= 0.3 is 0 Å². The normalized spacial score (nSPS) is 18.6. The van der Waals surface area contributed by atoms with Gasteiger partial charge in [-0.2, -0.15) is 11.8 Å². The van der Waals surface area contributed by atoms with E-state index in [9.17, 15) is 12.8 Å². The molecule has 4 nitrogen and oxygen atoms in total. The van der Waals surface area contributed by atoms with Crippen LogP contribution in [0, 0.1) is 17.7 Å². The predicted molar refractivity (Wildman–Crippen MR) is 78.4 cm³/mol. The van der Waals surface area contributed by atoms with Gasteiger partial charge in [0.15, 0.2) is 0 Å². The van der Waals surface area contributed by atoms with Crippen molar-refractivity contribution in [1.82, 2.24) is 4.72 Å². The van der Waals surface area contributed by atoms with Crippen LogP contribution in [0.4, 0.5) is 4.39 Å². The maximum atomic E-state index is 13.9. The quantitative estimate of drug-likeness (QED) is 0.814. The predicted octanol–water partition coefficient (Wildman–Crippen LogP) is 0.920. The van der Waals surface area contributed by atoms with Gasteiger partial charge in [0.05, 0.1) is 6.54 Å². The van der Waals surface area contributed by atoms with Crippen LogP contribution in [0.25, 0.3) is 0 Å².